The molecule has 1 fully saturated rings. The van der Waals surface area contributed by atoms with Crippen LogP contribution in [0, 0.1) is 0 Å². The molecule has 2 aliphatic rings. The maximum absolute atomic E-state index is 11.7. The smallest absolute Gasteiger partial charge is 0.522 e. The largest absolute Gasteiger partial charge is 0.535 e. The minimum Gasteiger partial charge on any atom is -0.535 e. The van der Waals surface area contributed by atoms with Gasteiger partial charge in [-0.1, -0.05) is 6.07 Å². The molecule has 0 spiro atoms. The second kappa shape index (κ2) is 6.59. The molecule has 2 aromatic rings. The van der Waals surface area contributed by atoms with Crippen molar-refractivity contribution in [3.63, 3.8) is 0 Å². The van der Waals surface area contributed by atoms with Crippen molar-refractivity contribution in [2.75, 3.05) is 13.1 Å². The number of nitrogens with zero attached hydrogens (tertiary/aromatic N) is 3. The number of likely N-dealkylation sites (tertiary alicyclic amines) is 1. The number of H-pyrrole nitrogens is 1. The number of aliphatic hydroxyl groups excluding tert-OH is 1. The molecule has 3 heterocycles. The lowest BCUT2D eigenvalue weighted by molar-refractivity contribution is -0.0961. The molecule has 1 aromatic carbocycles. The van der Waals surface area contributed by atoms with Gasteiger partial charge in [0.1, 0.15) is 29.5 Å². The number of aromatic nitrogens is 3. The standard InChI is InChI=1S/C15H17BN4O6/c21-14(13-17-7-18-19-13)20-5-9(6-20)25-10-2-1-8-3-4-16(24)26-12(8)11(10)15(22)23/h1-2,7,9,14,21,24H,3-6H2,(H,22,23)(H,17,18,19). The highest BCUT2D eigenvalue weighted by Crippen LogP contribution is 2.37. The summed E-state index contributed by atoms with van der Waals surface area (Å²) in [7, 11) is -1.02. The molecular formula is C15H17BN4O6. The second-order valence-electron chi connectivity index (χ2n) is 6.28. The molecule has 11 heteroatoms. The zero-order valence-electron chi connectivity index (χ0n) is 13.7. The van der Waals surface area contributed by atoms with Crippen LogP contribution in [0.15, 0.2) is 18.5 Å². The highest BCUT2D eigenvalue weighted by atomic mass is 16.5. The van der Waals surface area contributed by atoms with Gasteiger partial charge in [-0.15, -0.1) is 0 Å². The Bertz CT molecular complexity index is 811. The molecule has 2 aliphatic heterocycles. The number of ether oxygens (including phenoxy) is 1. The van der Waals surface area contributed by atoms with E-state index in [1.54, 1.807) is 17.0 Å². The quantitative estimate of drug-likeness (QED) is 0.528. The van der Waals surface area contributed by atoms with E-state index in [0.717, 1.165) is 5.56 Å². The number of fused-ring (bicyclic) bond motifs is 1. The van der Waals surface area contributed by atoms with Crippen LogP contribution >= 0.6 is 0 Å². The Hall–Kier alpha value is -2.63. The van der Waals surface area contributed by atoms with Gasteiger partial charge < -0.3 is 24.6 Å². The Morgan fingerprint density at radius 2 is 2.27 bits per heavy atom. The van der Waals surface area contributed by atoms with E-state index in [9.17, 15) is 20.0 Å². The molecule has 1 saturated heterocycles. The molecule has 136 valence electrons. The van der Waals surface area contributed by atoms with Gasteiger partial charge in [-0.2, -0.15) is 5.10 Å². The van der Waals surface area contributed by atoms with Crippen LogP contribution in [0.25, 0.3) is 0 Å². The van der Waals surface area contributed by atoms with Crippen molar-refractivity contribution in [3.8, 4) is 11.5 Å². The number of aromatic amines is 1. The Morgan fingerprint density at radius 1 is 1.46 bits per heavy atom. The van der Waals surface area contributed by atoms with Crippen LogP contribution in [0.5, 0.6) is 11.5 Å². The fourth-order valence-corrected chi connectivity index (χ4v) is 3.15. The Balaban J connectivity index is 1.48. The minimum absolute atomic E-state index is 0.0875. The van der Waals surface area contributed by atoms with Gasteiger partial charge in [0.05, 0.1) is 0 Å². The van der Waals surface area contributed by atoms with Crippen molar-refractivity contribution < 1.29 is 29.4 Å². The predicted octanol–water partition coefficient (Wildman–Crippen LogP) is -0.328. The van der Waals surface area contributed by atoms with E-state index >= 15 is 0 Å². The molecule has 1 aromatic heterocycles. The molecule has 4 rings (SSSR count). The van der Waals surface area contributed by atoms with Crippen molar-refractivity contribution in [1.29, 1.82) is 0 Å². The summed E-state index contributed by atoms with van der Waals surface area (Å²) < 4.78 is 11.1. The van der Waals surface area contributed by atoms with E-state index < -0.39 is 19.3 Å². The molecule has 0 saturated carbocycles. The van der Waals surface area contributed by atoms with E-state index in [2.05, 4.69) is 15.2 Å². The zero-order chi connectivity index (χ0) is 18.3. The summed E-state index contributed by atoms with van der Waals surface area (Å²) in [5.74, 6) is -0.495. The molecular weight excluding hydrogens is 343 g/mol. The van der Waals surface area contributed by atoms with Crippen LogP contribution < -0.4 is 9.39 Å². The average molecular weight is 360 g/mol. The van der Waals surface area contributed by atoms with Gasteiger partial charge in [0.15, 0.2) is 12.1 Å². The molecule has 0 bridgehead atoms. The van der Waals surface area contributed by atoms with Crippen molar-refractivity contribution in [2.24, 2.45) is 0 Å². The van der Waals surface area contributed by atoms with Crippen molar-refractivity contribution in [1.82, 2.24) is 20.1 Å². The summed E-state index contributed by atoms with van der Waals surface area (Å²) in [4.78, 5) is 17.3. The Morgan fingerprint density at radius 3 is 2.96 bits per heavy atom. The van der Waals surface area contributed by atoms with E-state index in [4.69, 9.17) is 9.39 Å². The van der Waals surface area contributed by atoms with Gasteiger partial charge in [-0.3, -0.25) is 10.00 Å². The number of rotatable bonds is 5. The first-order valence-corrected chi connectivity index (χ1v) is 8.21. The summed E-state index contributed by atoms with van der Waals surface area (Å²) in [5, 5.41) is 35.7. The fraction of sp³-hybridized carbons (Fsp3) is 0.400. The number of aryl methyl sites for hydroxylation is 1. The third-order valence-electron chi connectivity index (χ3n) is 4.52. The number of carbonyl (C=O) groups is 1. The summed E-state index contributed by atoms with van der Waals surface area (Å²) in [6, 6.07) is 3.36. The summed E-state index contributed by atoms with van der Waals surface area (Å²) in [6.45, 7) is 0.809. The lowest BCUT2D eigenvalue weighted by Crippen LogP contribution is -2.55. The Labute approximate surface area is 148 Å². The van der Waals surface area contributed by atoms with Gasteiger partial charge in [0, 0.05) is 13.1 Å². The monoisotopic (exact) mass is 360 g/mol. The van der Waals surface area contributed by atoms with Gasteiger partial charge in [0.2, 0.25) is 0 Å². The molecule has 0 amide bonds. The van der Waals surface area contributed by atoms with E-state index in [0.29, 0.717) is 31.7 Å². The maximum atomic E-state index is 11.7. The number of carboxylic acid groups (broad SMARTS) is 1. The number of hydrogen-bond acceptors (Lipinski definition) is 8. The van der Waals surface area contributed by atoms with Gasteiger partial charge in [0.25, 0.3) is 0 Å². The van der Waals surface area contributed by atoms with Gasteiger partial charge in [-0.05, 0) is 24.4 Å². The SMILES string of the molecule is O=C(O)c1c(OC2CN(C(O)c3ncn[nH]3)C2)ccc2c1OB(O)CC2. The molecule has 0 radical (unpaired) electrons. The van der Waals surface area contributed by atoms with Crippen LogP contribution in [0.4, 0.5) is 0 Å². The van der Waals surface area contributed by atoms with Crippen LogP contribution in [-0.4, -0.2) is 67.6 Å². The first-order chi connectivity index (χ1) is 12.5. The van der Waals surface area contributed by atoms with E-state index in [1.807, 2.05) is 0 Å². The third kappa shape index (κ3) is 3.00. The lowest BCUT2D eigenvalue weighted by atomic mass is 9.78. The maximum Gasteiger partial charge on any atom is 0.522 e. The highest BCUT2D eigenvalue weighted by molar-refractivity contribution is 6.44. The third-order valence-corrected chi connectivity index (χ3v) is 4.52. The van der Waals surface area contributed by atoms with Crippen LogP contribution in [-0.2, 0) is 6.42 Å². The summed E-state index contributed by atoms with van der Waals surface area (Å²) in [6.07, 6.45) is 1.07. The topological polar surface area (TPSA) is 141 Å². The Kier molecular flexibility index (Phi) is 4.27. The van der Waals surface area contributed by atoms with Gasteiger partial charge >= 0.3 is 13.1 Å². The van der Waals surface area contributed by atoms with Crippen molar-refractivity contribution >= 4 is 13.1 Å². The predicted molar refractivity (Wildman–Crippen MR) is 87.8 cm³/mol. The molecule has 10 nitrogen and oxygen atoms in total. The first kappa shape index (κ1) is 16.8. The van der Waals surface area contributed by atoms with Crippen LogP contribution in [0.3, 0.4) is 0 Å². The zero-order valence-corrected chi connectivity index (χ0v) is 13.7. The highest BCUT2D eigenvalue weighted by Gasteiger charge is 2.37. The summed E-state index contributed by atoms with van der Waals surface area (Å²) >= 11 is 0. The number of nitrogens with one attached hydrogen (secondary N) is 1. The molecule has 26 heavy (non-hydrogen) atoms. The number of aliphatic hydroxyl groups is 1. The van der Waals surface area contributed by atoms with Crippen molar-refractivity contribution in [2.45, 2.75) is 25.1 Å². The van der Waals surface area contributed by atoms with Crippen molar-refractivity contribution in [3.05, 3.63) is 35.4 Å². The lowest BCUT2D eigenvalue weighted by Gasteiger charge is -2.41. The van der Waals surface area contributed by atoms with E-state index in [-0.39, 0.29) is 23.2 Å². The number of carboxylic acids is 1. The summed E-state index contributed by atoms with van der Waals surface area (Å²) in [5.41, 5.74) is 0.645. The number of benzene rings is 1. The molecule has 1 atom stereocenters. The van der Waals surface area contributed by atoms with Crippen LogP contribution in [0.1, 0.15) is 28.0 Å². The number of aromatic carboxylic acids is 1. The number of hydrogen-bond donors (Lipinski definition) is 4. The minimum atomic E-state index is -1.18. The van der Waals surface area contributed by atoms with E-state index in [1.165, 1.54) is 6.33 Å². The normalized spacial score (nSPS) is 18.6. The fourth-order valence-electron chi connectivity index (χ4n) is 3.15. The second-order valence-corrected chi connectivity index (χ2v) is 6.28. The molecule has 4 N–H and O–H groups in total. The average Bonchev–Trinajstić information content (AvgIpc) is 3.10. The molecule has 1 unspecified atom stereocenters. The van der Waals surface area contributed by atoms with Crippen LogP contribution in [0.2, 0.25) is 6.32 Å². The van der Waals surface area contributed by atoms with Gasteiger partial charge in [-0.25, -0.2) is 9.78 Å². The molecule has 0 aliphatic carbocycles. The first-order valence-electron chi connectivity index (χ1n) is 8.21.